The lowest BCUT2D eigenvalue weighted by atomic mass is 10.2. The summed E-state index contributed by atoms with van der Waals surface area (Å²) in [5.74, 6) is -1.60. The lowest BCUT2D eigenvalue weighted by Crippen LogP contribution is -2.41. The standard InChI is InChI=1S/C13H28NO6P/c1-5-7-9-12(21(16,17)18)14(10-8-6-2)20-11(3)13(15)19-4/h11-12H,5-10H2,1-4H3,(H2,16,17,18). The summed E-state index contributed by atoms with van der Waals surface area (Å²) in [6, 6.07) is 0. The van der Waals surface area contributed by atoms with E-state index in [4.69, 9.17) is 4.84 Å². The highest BCUT2D eigenvalue weighted by Gasteiger charge is 2.36. The molecular formula is C13H28NO6P. The van der Waals surface area contributed by atoms with Gasteiger partial charge in [-0.2, -0.15) is 5.06 Å². The third-order valence-corrected chi connectivity index (χ3v) is 4.39. The second-order valence-electron chi connectivity index (χ2n) is 4.98. The van der Waals surface area contributed by atoms with E-state index in [2.05, 4.69) is 4.74 Å². The Morgan fingerprint density at radius 3 is 2.24 bits per heavy atom. The summed E-state index contributed by atoms with van der Waals surface area (Å²) in [7, 11) is -3.10. The van der Waals surface area contributed by atoms with E-state index in [1.54, 1.807) is 0 Å². The van der Waals surface area contributed by atoms with E-state index in [0.717, 1.165) is 19.3 Å². The minimum Gasteiger partial charge on any atom is -0.467 e. The zero-order valence-electron chi connectivity index (χ0n) is 13.3. The minimum atomic E-state index is -4.35. The number of unbranched alkanes of at least 4 members (excludes halogenated alkanes) is 2. The van der Waals surface area contributed by atoms with Gasteiger partial charge in [-0.3, -0.25) is 9.40 Å². The third kappa shape index (κ3) is 7.93. The van der Waals surface area contributed by atoms with Crippen molar-refractivity contribution < 1.29 is 28.7 Å². The Bertz CT molecular complexity index is 346. The molecule has 0 aliphatic heterocycles. The molecule has 0 aromatic carbocycles. The van der Waals surface area contributed by atoms with Crippen LogP contribution in [0.4, 0.5) is 0 Å². The SMILES string of the molecule is CCCCC(N(CCCC)OC(C)C(=O)OC)P(=O)(O)O. The first kappa shape index (κ1) is 20.5. The third-order valence-electron chi connectivity index (χ3n) is 3.10. The second kappa shape index (κ2) is 10.3. The van der Waals surface area contributed by atoms with Gasteiger partial charge < -0.3 is 14.5 Å². The Morgan fingerprint density at radius 1 is 1.24 bits per heavy atom. The Morgan fingerprint density at radius 2 is 1.81 bits per heavy atom. The van der Waals surface area contributed by atoms with Gasteiger partial charge in [0, 0.05) is 6.54 Å². The molecule has 0 aliphatic carbocycles. The summed E-state index contributed by atoms with van der Waals surface area (Å²) in [5, 5.41) is 1.27. The second-order valence-corrected chi connectivity index (χ2v) is 6.75. The molecule has 0 aromatic rings. The molecule has 126 valence electrons. The summed E-state index contributed by atoms with van der Waals surface area (Å²) < 4.78 is 16.3. The van der Waals surface area contributed by atoms with Crippen LogP contribution in [0.5, 0.6) is 0 Å². The predicted octanol–water partition coefficient (Wildman–Crippen LogP) is 2.28. The largest absolute Gasteiger partial charge is 0.467 e. The topological polar surface area (TPSA) is 96.3 Å². The van der Waals surface area contributed by atoms with Crippen LogP contribution in [0.15, 0.2) is 0 Å². The molecule has 0 rings (SSSR count). The molecule has 0 aliphatic rings. The molecule has 2 N–H and O–H groups in total. The molecule has 8 heteroatoms. The Labute approximate surface area is 126 Å². The predicted molar refractivity (Wildman–Crippen MR) is 79.5 cm³/mol. The van der Waals surface area contributed by atoms with E-state index in [1.807, 2.05) is 13.8 Å². The molecule has 7 nitrogen and oxygen atoms in total. The van der Waals surface area contributed by atoms with Gasteiger partial charge in [-0.25, -0.2) is 4.79 Å². The fraction of sp³-hybridized carbons (Fsp3) is 0.923. The van der Waals surface area contributed by atoms with Crippen LogP contribution in [-0.2, 0) is 18.9 Å². The Balaban J connectivity index is 5.03. The summed E-state index contributed by atoms with van der Waals surface area (Å²) in [6.07, 6.45) is 2.49. The molecule has 0 radical (unpaired) electrons. The van der Waals surface area contributed by atoms with Crippen LogP contribution in [0, 0.1) is 0 Å². The maximum atomic E-state index is 11.7. The first-order valence-electron chi connectivity index (χ1n) is 7.34. The van der Waals surface area contributed by atoms with E-state index in [9.17, 15) is 19.1 Å². The number of hydrogen-bond donors (Lipinski definition) is 2. The van der Waals surface area contributed by atoms with E-state index >= 15 is 0 Å². The summed E-state index contributed by atoms with van der Waals surface area (Å²) in [4.78, 5) is 36.0. The van der Waals surface area contributed by atoms with Crippen LogP contribution in [0.1, 0.15) is 52.9 Å². The van der Waals surface area contributed by atoms with Crippen molar-refractivity contribution >= 4 is 13.6 Å². The number of hydroxylamine groups is 2. The molecule has 21 heavy (non-hydrogen) atoms. The van der Waals surface area contributed by atoms with Crippen molar-refractivity contribution in [1.29, 1.82) is 0 Å². The van der Waals surface area contributed by atoms with Gasteiger partial charge in [-0.1, -0.05) is 33.1 Å². The van der Waals surface area contributed by atoms with Crippen LogP contribution >= 0.6 is 7.60 Å². The number of esters is 1. The maximum absolute atomic E-state index is 11.7. The number of methoxy groups -OCH3 is 1. The quantitative estimate of drug-likeness (QED) is 0.342. The van der Waals surface area contributed by atoms with Gasteiger partial charge in [0.2, 0.25) is 0 Å². The lowest BCUT2D eigenvalue weighted by molar-refractivity contribution is -0.217. The molecule has 0 saturated heterocycles. The van der Waals surface area contributed by atoms with Crippen molar-refractivity contribution in [2.75, 3.05) is 13.7 Å². The summed E-state index contributed by atoms with van der Waals surface area (Å²) in [6.45, 7) is 5.78. The van der Waals surface area contributed by atoms with Gasteiger partial charge in [0.05, 0.1) is 7.11 Å². The highest BCUT2D eigenvalue weighted by molar-refractivity contribution is 7.52. The van der Waals surface area contributed by atoms with Crippen LogP contribution in [0.2, 0.25) is 0 Å². The lowest BCUT2D eigenvalue weighted by Gasteiger charge is -2.32. The number of carbonyl (C=O) groups is 1. The molecule has 0 amide bonds. The molecule has 0 saturated carbocycles. The number of hydrogen-bond acceptors (Lipinski definition) is 5. The van der Waals surface area contributed by atoms with Crippen molar-refractivity contribution in [3.8, 4) is 0 Å². The average Bonchev–Trinajstić information content (AvgIpc) is 2.42. The molecule has 0 spiro atoms. The monoisotopic (exact) mass is 325 g/mol. The van der Waals surface area contributed by atoms with E-state index in [0.29, 0.717) is 19.4 Å². The maximum Gasteiger partial charge on any atom is 0.344 e. The average molecular weight is 325 g/mol. The van der Waals surface area contributed by atoms with Crippen LogP contribution in [-0.4, -0.2) is 46.4 Å². The van der Waals surface area contributed by atoms with Crippen molar-refractivity contribution in [1.82, 2.24) is 5.06 Å². The van der Waals surface area contributed by atoms with Gasteiger partial charge in [0.1, 0.15) is 5.78 Å². The van der Waals surface area contributed by atoms with E-state index < -0.39 is 25.5 Å². The van der Waals surface area contributed by atoms with Crippen molar-refractivity contribution in [2.24, 2.45) is 0 Å². The highest BCUT2D eigenvalue weighted by Crippen LogP contribution is 2.45. The number of ether oxygens (including phenoxy) is 1. The van der Waals surface area contributed by atoms with Crippen molar-refractivity contribution in [3.05, 3.63) is 0 Å². The van der Waals surface area contributed by atoms with Crippen molar-refractivity contribution in [3.63, 3.8) is 0 Å². The summed E-state index contributed by atoms with van der Waals surface area (Å²) in [5.41, 5.74) is 0. The first-order valence-corrected chi connectivity index (χ1v) is 9.02. The Hall–Kier alpha value is -0.460. The van der Waals surface area contributed by atoms with Crippen LogP contribution < -0.4 is 0 Å². The van der Waals surface area contributed by atoms with E-state index in [-0.39, 0.29) is 0 Å². The molecule has 0 fully saturated rings. The zero-order valence-corrected chi connectivity index (χ0v) is 14.2. The van der Waals surface area contributed by atoms with Crippen LogP contribution in [0.25, 0.3) is 0 Å². The Kier molecular flexibility index (Phi) is 10.1. The molecule has 2 atom stereocenters. The molecular weight excluding hydrogens is 297 g/mol. The number of carbonyl (C=O) groups excluding carboxylic acids is 1. The summed E-state index contributed by atoms with van der Waals surface area (Å²) >= 11 is 0. The fourth-order valence-electron chi connectivity index (χ4n) is 1.86. The van der Waals surface area contributed by atoms with Crippen LogP contribution in [0.3, 0.4) is 0 Å². The van der Waals surface area contributed by atoms with Crippen molar-refractivity contribution in [2.45, 2.75) is 64.8 Å². The van der Waals surface area contributed by atoms with Gasteiger partial charge in [-0.15, -0.1) is 0 Å². The highest BCUT2D eigenvalue weighted by atomic mass is 31.2. The first-order chi connectivity index (χ1) is 9.77. The number of nitrogens with zero attached hydrogens (tertiary/aromatic N) is 1. The van der Waals surface area contributed by atoms with Gasteiger partial charge in [0.25, 0.3) is 0 Å². The minimum absolute atomic E-state index is 0.318. The number of rotatable bonds is 11. The molecule has 2 unspecified atom stereocenters. The zero-order chi connectivity index (χ0) is 16.5. The molecule has 0 aromatic heterocycles. The smallest absolute Gasteiger partial charge is 0.344 e. The van der Waals surface area contributed by atoms with E-state index in [1.165, 1.54) is 19.1 Å². The fourth-order valence-corrected chi connectivity index (χ4v) is 2.89. The van der Waals surface area contributed by atoms with Gasteiger partial charge >= 0.3 is 13.6 Å². The van der Waals surface area contributed by atoms with Gasteiger partial charge in [0.15, 0.2) is 6.10 Å². The normalized spacial score (nSPS) is 15.0. The molecule has 0 heterocycles. The molecule has 0 bridgehead atoms. The van der Waals surface area contributed by atoms with Gasteiger partial charge in [-0.05, 0) is 19.8 Å².